The van der Waals surface area contributed by atoms with E-state index in [9.17, 15) is 0 Å². The Kier molecular flexibility index (Phi) is 10.9. The lowest BCUT2D eigenvalue weighted by atomic mass is 10.1. The molecule has 0 aliphatic carbocycles. The van der Waals surface area contributed by atoms with Crippen molar-refractivity contribution in [2.24, 2.45) is 0 Å². The van der Waals surface area contributed by atoms with Crippen LogP contribution in [0.3, 0.4) is 0 Å². The van der Waals surface area contributed by atoms with Crippen molar-refractivity contribution < 1.29 is 0 Å². The summed E-state index contributed by atoms with van der Waals surface area (Å²) < 4.78 is 0. The van der Waals surface area contributed by atoms with E-state index in [1.807, 2.05) is 30.5 Å². The van der Waals surface area contributed by atoms with Crippen molar-refractivity contribution >= 4 is 0 Å². The molecule has 0 saturated carbocycles. The number of pyridine rings is 2. The van der Waals surface area contributed by atoms with E-state index in [2.05, 4.69) is 55.6 Å². The van der Waals surface area contributed by atoms with Gasteiger partial charge in [-0.1, -0.05) is 12.1 Å². The lowest BCUT2D eigenvalue weighted by Crippen LogP contribution is -2.41. The van der Waals surface area contributed by atoms with Gasteiger partial charge in [-0.25, -0.2) is 4.98 Å². The van der Waals surface area contributed by atoms with Crippen molar-refractivity contribution in [1.29, 1.82) is 0 Å². The fourth-order valence-corrected chi connectivity index (χ4v) is 3.64. The fraction of sp³-hybridized carbons (Fsp3) is 0.565. The molecule has 1 saturated heterocycles. The van der Waals surface area contributed by atoms with Crippen LogP contribution in [0.4, 0.5) is 0 Å². The summed E-state index contributed by atoms with van der Waals surface area (Å²) in [6.07, 6.45) is 1.82. The smallest absolute Gasteiger partial charge is 0.0890 e. The summed E-state index contributed by atoms with van der Waals surface area (Å²) in [6.45, 7) is 10.6. The summed E-state index contributed by atoms with van der Waals surface area (Å²) in [6, 6.07) is 12.4. The average Bonchev–Trinajstić information content (AvgIpc) is 2.81. The molecule has 0 aromatic carbocycles. The van der Waals surface area contributed by atoms with Crippen LogP contribution in [0.15, 0.2) is 42.6 Å². The molecule has 0 spiro atoms. The maximum Gasteiger partial charge on any atom is 0.0890 e. The first kappa shape index (κ1) is 23.7. The Hall–Kier alpha value is -1.94. The number of hydrogen-bond donors (Lipinski definition) is 5. The van der Waals surface area contributed by atoms with Gasteiger partial charge in [-0.05, 0) is 31.3 Å². The molecule has 5 N–H and O–H groups in total. The Balaban J connectivity index is 1.65. The molecule has 1 fully saturated rings. The molecule has 3 rings (SSSR count). The largest absolute Gasteiger partial charge is 0.314 e. The maximum absolute atomic E-state index is 4.97. The first-order valence-corrected chi connectivity index (χ1v) is 11.5. The van der Waals surface area contributed by atoms with Crippen molar-refractivity contribution in [1.82, 2.24) is 41.5 Å². The van der Waals surface area contributed by atoms with E-state index in [1.165, 1.54) is 0 Å². The molecule has 2 aromatic rings. The van der Waals surface area contributed by atoms with Crippen LogP contribution in [-0.4, -0.2) is 93.9 Å². The topological polar surface area (TPSA) is 89.2 Å². The van der Waals surface area contributed by atoms with Crippen LogP contribution in [0.2, 0.25) is 0 Å². The molecule has 0 bridgehead atoms. The lowest BCUT2D eigenvalue weighted by Gasteiger charge is -2.28. The van der Waals surface area contributed by atoms with Gasteiger partial charge in [-0.15, -0.1) is 0 Å². The van der Waals surface area contributed by atoms with Crippen molar-refractivity contribution in [3.63, 3.8) is 0 Å². The minimum absolute atomic E-state index is 0.198. The number of likely N-dealkylation sites (N-methyl/N-ethyl adjacent to an activating group) is 1. The van der Waals surface area contributed by atoms with Crippen LogP contribution >= 0.6 is 0 Å². The van der Waals surface area contributed by atoms with E-state index in [1.54, 1.807) is 0 Å². The number of aromatic nitrogens is 2. The Morgan fingerprint density at radius 2 is 1.32 bits per heavy atom. The van der Waals surface area contributed by atoms with Crippen LogP contribution in [0.5, 0.6) is 0 Å². The summed E-state index contributed by atoms with van der Waals surface area (Å²) in [5.41, 5.74) is 2.91. The van der Waals surface area contributed by atoms with Crippen LogP contribution in [0.1, 0.15) is 11.7 Å². The molecular formula is C23H38N8. The number of nitrogens with zero attached hydrogens (tertiary/aromatic N) is 3. The van der Waals surface area contributed by atoms with Gasteiger partial charge in [0, 0.05) is 78.2 Å². The molecule has 1 unspecified atom stereocenters. The second kappa shape index (κ2) is 14.2. The summed E-state index contributed by atoms with van der Waals surface area (Å²) in [5.74, 6) is 0. The SMILES string of the molecule is CN1CCNCCNCCNCCNCCNCC1c1cccc(-c2ccccn2)n1. The van der Waals surface area contributed by atoms with Gasteiger partial charge in [0.05, 0.1) is 23.1 Å². The summed E-state index contributed by atoms with van der Waals surface area (Å²) in [7, 11) is 2.18. The van der Waals surface area contributed by atoms with E-state index < -0.39 is 0 Å². The van der Waals surface area contributed by atoms with Gasteiger partial charge in [-0.3, -0.25) is 9.88 Å². The van der Waals surface area contributed by atoms with Gasteiger partial charge < -0.3 is 26.6 Å². The van der Waals surface area contributed by atoms with Gasteiger partial charge in [0.15, 0.2) is 0 Å². The molecule has 8 heteroatoms. The number of nitrogens with one attached hydrogen (secondary N) is 5. The Labute approximate surface area is 186 Å². The second-order valence-corrected chi connectivity index (χ2v) is 7.86. The number of rotatable bonds is 2. The zero-order valence-corrected chi connectivity index (χ0v) is 18.7. The van der Waals surface area contributed by atoms with Gasteiger partial charge in [0.1, 0.15) is 0 Å². The molecule has 0 radical (unpaired) electrons. The highest BCUT2D eigenvalue weighted by molar-refractivity contribution is 5.53. The van der Waals surface area contributed by atoms with Gasteiger partial charge in [0.25, 0.3) is 0 Å². The van der Waals surface area contributed by atoms with Gasteiger partial charge in [0.2, 0.25) is 0 Å². The predicted molar refractivity (Wildman–Crippen MR) is 127 cm³/mol. The van der Waals surface area contributed by atoms with E-state index in [0.717, 1.165) is 89.1 Å². The van der Waals surface area contributed by atoms with E-state index in [4.69, 9.17) is 4.98 Å². The van der Waals surface area contributed by atoms with Crippen LogP contribution in [0, 0.1) is 0 Å². The minimum atomic E-state index is 0.198. The van der Waals surface area contributed by atoms with Gasteiger partial charge >= 0.3 is 0 Å². The summed E-state index contributed by atoms with van der Waals surface area (Å²) in [4.78, 5) is 11.8. The zero-order valence-electron chi connectivity index (χ0n) is 18.7. The minimum Gasteiger partial charge on any atom is -0.314 e. The normalized spacial score (nSPS) is 21.8. The average molecular weight is 427 g/mol. The molecule has 1 aliphatic rings. The van der Waals surface area contributed by atoms with Crippen molar-refractivity contribution in [3.8, 4) is 11.4 Å². The highest BCUT2D eigenvalue weighted by Crippen LogP contribution is 2.20. The first-order chi connectivity index (χ1) is 15.3. The third-order valence-electron chi connectivity index (χ3n) is 5.46. The highest BCUT2D eigenvalue weighted by Gasteiger charge is 2.19. The van der Waals surface area contributed by atoms with Crippen molar-refractivity contribution in [3.05, 3.63) is 48.3 Å². The van der Waals surface area contributed by atoms with E-state index in [0.29, 0.717) is 0 Å². The Bertz CT molecular complexity index is 727. The summed E-state index contributed by atoms with van der Waals surface area (Å²) >= 11 is 0. The van der Waals surface area contributed by atoms with Crippen LogP contribution in [-0.2, 0) is 0 Å². The third-order valence-corrected chi connectivity index (χ3v) is 5.46. The molecule has 0 amide bonds. The molecule has 2 aromatic heterocycles. The van der Waals surface area contributed by atoms with E-state index in [-0.39, 0.29) is 6.04 Å². The predicted octanol–water partition coefficient (Wildman–Crippen LogP) is 0.0781. The Morgan fingerprint density at radius 1 is 0.710 bits per heavy atom. The van der Waals surface area contributed by atoms with Crippen molar-refractivity contribution in [2.75, 3.05) is 79.0 Å². The second-order valence-electron chi connectivity index (χ2n) is 7.86. The molecule has 170 valence electrons. The quantitative estimate of drug-likeness (QED) is 0.461. The van der Waals surface area contributed by atoms with E-state index >= 15 is 0 Å². The molecule has 8 nitrogen and oxygen atoms in total. The third kappa shape index (κ3) is 8.60. The maximum atomic E-state index is 4.97. The molecule has 31 heavy (non-hydrogen) atoms. The zero-order chi connectivity index (χ0) is 21.6. The molecule has 1 aliphatic heterocycles. The molecule has 3 heterocycles. The summed E-state index contributed by atoms with van der Waals surface area (Å²) in [5, 5.41) is 17.6. The Morgan fingerprint density at radius 3 is 1.97 bits per heavy atom. The highest BCUT2D eigenvalue weighted by atomic mass is 15.2. The molecule has 1 atom stereocenters. The monoisotopic (exact) mass is 426 g/mol. The van der Waals surface area contributed by atoms with Crippen LogP contribution in [0.25, 0.3) is 11.4 Å². The van der Waals surface area contributed by atoms with Crippen LogP contribution < -0.4 is 26.6 Å². The fourth-order valence-electron chi connectivity index (χ4n) is 3.64. The lowest BCUT2D eigenvalue weighted by molar-refractivity contribution is 0.234. The van der Waals surface area contributed by atoms with Crippen molar-refractivity contribution in [2.45, 2.75) is 6.04 Å². The number of hydrogen-bond acceptors (Lipinski definition) is 8. The first-order valence-electron chi connectivity index (χ1n) is 11.5. The standard InChI is InChI=1S/C23H38N8/c1-31-18-17-27-14-13-25-10-9-24-11-12-26-15-16-28-19-23(31)22-7-4-6-21(30-22)20-5-2-3-8-29-20/h2-8,23-28H,9-19H2,1H3. The molecular weight excluding hydrogens is 388 g/mol. The van der Waals surface area contributed by atoms with Gasteiger partial charge in [-0.2, -0.15) is 0 Å².